The van der Waals surface area contributed by atoms with Crippen LogP contribution in [0.4, 0.5) is 5.69 Å². The zero-order valence-electron chi connectivity index (χ0n) is 12.4. The predicted molar refractivity (Wildman–Crippen MR) is 80.6 cm³/mol. The number of amides is 1. The minimum absolute atomic E-state index is 0.116. The van der Waals surface area contributed by atoms with Crippen molar-refractivity contribution in [1.29, 1.82) is 0 Å². The highest BCUT2D eigenvalue weighted by Crippen LogP contribution is 2.14. The Labute approximate surface area is 116 Å². The summed E-state index contributed by atoms with van der Waals surface area (Å²) >= 11 is 0. The summed E-state index contributed by atoms with van der Waals surface area (Å²) in [7, 11) is 0. The van der Waals surface area contributed by atoms with Crippen LogP contribution in [-0.4, -0.2) is 17.4 Å². The Balaban J connectivity index is 2.71. The summed E-state index contributed by atoms with van der Waals surface area (Å²) in [5.74, 6) is 0.380. The van der Waals surface area contributed by atoms with Crippen LogP contribution in [0.15, 0.2) is 24.3 Å². The Kier molecular flexibility index (Phi) is 6.40. The van der Waals surface area contributed by atoms with E-state index in [2.05, 4.69) is 13.8 Å². The molecule has 2 N–H and O–H groups in total. The summed E-state index contributed by atoms with van der Waals surface area (Å²) in [5, 5.41) is 0. The summed E-state index contributed by atoms with van der Waals surface area (Å²) in [6.45, 7) is 7.75. The number of hydrogen-bond donors (Lipinski definition) is 1. The van der Waals surface area contributed by atoms with Crippen LogP contribution < -0.4 is 5.73 Å². The van der Waals surface area contributed by atoms with E-state index in [1.807, 2.05) is 36.1 Å². The summed E-state index contributed by atoms with van der Waals surface area (Å²) in [6.07, 6.45) is 3.00. The third-order valence-electron chi connectivity index (χ3n) is 3.30. The first kappa shape index (κ1) is 15.5. The van der Waals surface area contributed by atoms with Gasteiger partial charge in [0.1, 0.15) is 0 Å². The average molecular weight is 262 g/mol. The Hall–Kier alpha value is -1.51. The van der Waals surface area contributed by atoms with Crippen LogP contribution in [0.5, 0.6) is 0 Å². The number of carbonyl (C=O) groups is 1. The predicted octanol–water partition coefficient (Wildman–Crippen LogP) is 3.44. The number of rotatable bonds is 7. The van der Waals surface area contributed by atoms with Crippen LogP contribution in [0.1, 0.15) is 45.6 Å². The molecule has 0 heterocycles. The van der Waals surface area contributed by atoms with Gasteiger partial charge in [0.15, 0.2) is 0 Å². The minimum atomic E-state index is 0.116. The summed E-state index contributed by atoms with van der Waals surface area (Å²) in [5.41, 5.74) is 7.58. The molecule has 0 fully saturated rings. The van der Waals surface area contributed by atoms with Crippen LogP contribution >= 0.6 is 0 Å². The first-order chi connectivity index (χ1) is 9.08. The molecule has 0 bridgehead atoms. The molecule has 0 aliphatic heterocycles. The molecule has 1 unspecified atom stereocenters. The van der Waals surface area contributed by atoms with E-state index in [4.69, 9.17) is 5.73 Å². The van der Waals surface area contributed by atoms with Crippen LogP contribution in [0.2, 0.25) is 0 Å². The van der Waals surface area contributed by atoms with Crippen LogP contribution in [0, 0.1) is 5.92 Å². The normalized spacial score (nSPS) is 12.2. The van der Waals surface area contributed by atoms with Crippen molar-refractivity contribution in [3.63, 3.8) is 0 Å². The van der Waals surface area contributed by atoms with Gasteiger partial charge in [0.05, 0.1) is 0 Å². The fourth-order valence-corrected chi connectivity index (χ4v) is 2.25. The largest absolute Gasteiger partial charge is 0.399 e. The summed E-state index contributed by atoms with van der Waals surface area (Å²) < 4.78 is 0. The van der Waals surface area contributed by atoms with E-state index in [9.17, 15) is 4.79 Å². The maximum Gasteiger partial charge on any atom is 0.225 e. The van der Waals surface area contributed by atoms with Gasteiger partial charge in [-0.25, -0.2) is 0 Å². The summed E-state index contributed by atoms with van der Waals surface area (Å²) in [4.78, 5) is 14.4. The first-order valence-electron chi connectivity index (χ1n) is 7.21. The molecule has 1 atom stereocenters. The van der Waals surface area contributed by atoms with E-state index in [0.29, 0.717) is 6.54 Å². The van der Waals surface area contributed by atoms with Crippen LogP contribution in [-0.2, 0) is 11.3 Å². The van der Waals surface area contributed by atoms with Crippen molar-refractivity contribution in [2.75, 3.05) is 12.3 Å². The lowest BCUT2D eigenvalue weighted by atomic mass is 10.0. The van der Waals surface area contributed by atoms with Gasteiger partial charge in [-0.05, 0) is 30.5 Å². The molecule has 1 amide bonds. The van der Waals surface area contributed by atoms with Crippen molar-refractivity contribution in [2.24, 2.45) is 5.92 Å². The van der Waals surface area contributed by atoms with Gasteiger partial charge >= 0.3 is 0 Å². The molecule has 1 aromatic rings. The van der Waals surface area contributed by atoms with Crippen molar-refractivity contribution in [2.45, 2.75) is 46.6 Å². The monoisotopic (exact) mass is 262 g/mol. The lowest BCUT2D eigenvalue weighted by molar-refractivity contribution is -0.135. The minimum Gasteiger partial charge on any atom is -0.399 e. The van der Waals surface area contributed by atoms with Gasteiger partial charge in [0, 0.05) is 24.7 Å². The third-order valence-corrected chi connectivity index (χ3v) is 3.30. The Morgan fingerprint density at radius 2 is 1.84 bits per heavy atom. The molecular weight excluding hydrogens is 236 g/mol. The Morgan fingerprint density at radius 3 is 2.37 bits per heavy atom. The van der Waals surface area contributed by atoms with E-state index in [1.165, 1.54) is 0 Å². The second-order valence-corrected chi connectivity index (χ2v) is 5.19. The van der Waals surface area contributed by atoms with Crippen molar-refractivity contribution in [3.05, 3.63) is 29.8 Å². The number of benzene rings is 1. The second-order valence-electron chi connectivity index (χ2n) is 5.19. The van der Waals surface area contributed by atoms with E-state index in [1.54, 1.807) is 0 Å². The van der Waals surface area contributed by atoms with Gasteiger partial charge in [-0.15, -0.1) is 0 Å². The highest BCUT2D eigenvalue weighted by molar-refractivity contribution is 5.78. The van der Waals surface area contributed by atoms with E-state index < -0.39 is 0 Å². The number of carbonyl (C=O) groups excluding carboxylic acids is 1. The SMILES string of the molecule is CCCC(C)C(=O)N(CCC)Cc1ccc(N)cc1. The summed E-state index contributed by atoms with van der Waals surface area (Å²) in [6, 6.07) is 7.77. The highest BCUT2D eigenvalue weighted by atomic mass is 16.2. The molecule has 106 valence electrons. The molecular formula is C16H26N2O. The lowest BCUT2D eigenvalue weighted by Gasteiger charge is -2.25. The highest BCUT2D eigenvalue weighted by Gasteiger charge is 2.19. The maximum atomic E-state index is 12.4. The molecule has 0 saturated carbocycles. The van der Waals surface area contributed by atoms with Gasteiger partial charge < -0.3 is 10.6 Å². The van der Waals surface area contributed by atoms with Crippen molar-refractivity contribution < 1.29 is 4.79 Å². The molecule has 1 rings (SSSR count). The zero-order valence-corrected chi connectivity index (χ0v) is 12.4. The smallest absolute Gasteiger partial charge is 0.225 e. The van der Waals surface area contributed by atoms with Crippen molar-refractivity contribution >= 4 is 11.6 Å². The second kappa shape index (κ2) is 7.82. The standard InChI is InChI=1S/C16H26N2O/c1-4-6-13(3)16(19)18(11-5-2)12-14-7-9-15(17)10-8-14/h7-10,13H,4-6,11-12,17H2,1-3H3. The zero-order chi connectivity index (χ0) is 14.3. The molecule has 0 aliphatic carbocycles. The molecule has 0 spiro atoms. The molecule has 1 aromatic carbocycles. The van der Waals surface area contributed by atoms with Crippen molar-refractivity contribution in [1.82, 2.24) is 4.90 Å². The van der Waals surface area contributed by atoms with Crippen LogP contribution in [0.3, 0.4) is 0 Å². The van der Waals surface area contributed by atoms with Gasteiger partial charge in [0.2, 0.25) is 5.91 Å². The number of nitrogens with two attached hydrogens (primary N) is 1. The number of nitrogen functional groups attached to an aromatic ring is 1. The van der Waals surface area contributed by atoms with E-state index in [-0.39, 0.29) is 11.8 Å². The maximum absolute atomic E-state index is 12.4. The molecule has 3 heteroatoms. The fourth-order valence-electron chi connectivity index (χ4n) is 2.25. The fraction of sp³-hybridized carbons (Fsp3) is 0.562. The van der Waals surface area contributed by atoms with Gasteiger partial charge in [-0.1, -0.05) is 39.3 Å². The lowest BCUT2D eigenvalue weighted by Crippen LogP contribution is -2.35. The van der Waals surface area contributed by atoms with Gasteiger partial charge in [-0.3, -0.25) is 4.79 Å². The number of nitrogens with zero attached hydrogens (tertiary/aromatic N) is 1. The molecule has 19 heavy (non-hydrogen) atoms. The van der Waals surface area contributed by atoms with Gasteiger partial charge in [-0.2, -0.15) is 0 Å². The molecule has 0 aromatic heterocycles. The Morgan fingerprint density at radius 1 is 1.21 bits per heavy atom. The quantitative estimate of drug-likeness (QED) is 0.765. The first-order valence-corrected chi connectivity index (χ1v) is 7.21. The van der Waals surface area contributed by atoms with Gasteiger partial charge in [0.25, 0.3) is 0 Å². The molecule has 0 radical (unpaired) electrons. The van der Waals surface area contributed by atoms with E-state index in [0.717, 1.165) is 37.1 Å². The Bertz CT molecular complexity index is 386. The van der Waals surface area contributed by atoms with E-state index >= 15 is 0 Å². The average Bonchev–Trinajstić information content (AvgIpc) is 2.40. The molecule has 0 aliphatic rings. The molecule has 3 nitrogen and oxygen atoms in total. The third kappa shape index (κ3) is 4.93. The number of anilines is 1. The number of hydrogen-bond acceptors (Lipinski definition) is 2. The molecule has 0 saturated heterocycles. The topological polar surface area (TPSA) is 46.3 Å². The van der Waals surface area contributed by atoms with Crippen LogP contribution in [0.25, 0.3) is 0 Å². The van der Waals surface area contributed by atoms with Crippen molar-refractivity contribution in [3.8, 4) is 0 Å².